The van der Waals surface area contributed by atoms with Gasteiger partial charge in [-0.15, -0.1) is 11.8 Å². The first-order valence-corrected chi connectivity index (χ1v) is 13.4. The molecule has 0 saturated heterocycles. The number of ether oxygens (including phenoxy) is 1. The summed E-state index contributed by atoms with van der Waals surface area (Å²) in [4.78, 5) is 13.7. The van der Waals surface area contributed by atoms with Crippen LogP contribution in [0.2, 0.25) is 0 Å². The number of rotatable bonds is 7. The summed E-state index contributed by atoms with van der Waals surface area (Å²) in [7, 11) is -3.47. The molecule has 1 amide bonds. The van der Waals surface area contributed by atoms with Gasteiger partial charge in [0.1, 0.15) is 5.60 Å². The number of carbonyl (C=O) groups excluding carboxylic acids is 1. The Morgan fingerprint density at radius 1 is 1.20 bits per heavy atom. The Balaban J connectivity index is 2.17. The molecule has 2 rings (SSSR count). The van der Waals surface area contributed by atoms with Crippen molar-refractivity contribution in [2.45, 2.75) is 87.4 Å². The van der Waals surface area contributed by atoms with Crippen LogP contribution in [-0.4, -0.2) is 50.2 Å². The summed E-state index contributed by atoms with van der Waals surface area (Å²) in [5.74, 6) is -0.185. The number of hydrogen-bond donors (Lipinski definition) is 2. The van der Waals surface area contributed by atoms with Crippen LogP contribution in [0.3, 0.4) is 0 Å². The fourth-order valence-electron chi connectivity index (χ4n) is 3.88. The molecule has 0 spiro atoms. The molecule has 0 bridgehead atoms. The van der Waals surface area contributed by atoms with Crippen molar-refractivity contribution in [1.82, 2.24) is 10.6 Å². The second-order valence-electron chi connectivity index (χ2n) is 9.30. The molecule has 1 aliphatic carbocycles. The molecule has 170 valence electrons. The molecule has 0 aliphatic heterocycles. The highest BCUT2D eigenvalue weighted by molar-refractivity contribution is 7.98. The van der Waals surface area contributed by atoms with Crippen LogP contribution in [0.4, 0.5) is 4.79 Å². The van der Waals surface area contributed by atoms with Gasteiger partial charge in [0, 0.05) is 23.0 Å². The zero-order valence-electron chi connectivity index (χ0n) is 18.9. The summed E-state index contributed by atoms with van der Waals surface area (Å²) in [6.07, 6.45) is 3.77. The molecule has 1 saturated carbocycles. The van der Waals surface area contributed by atoms with Gasteiger partial charge in [0.2, 0.25) is 0 Å². The van der Waals surface area contributed by atoms with Crippen molar-refractivity contribution >= 4 is 27.7 Å². The number of amides is 1. The van der Waals surface area contributed by atoms with E-state index >= 15 is 0 Å². The molecule has 3 atom stereocenters. The van der Waals surface area contributed by atoms with Gasteiger partial charge in [-0.3, -0.25) is 0 Å². The average molecular weight is 457 g/mol. The van der Waals surface area contributed by atoms with Gasteiger partial charge in [0.25, 0.3) is 0 Å². The average Bonchev–Trinajstić information content (AvgIpc) is 2.61. The van der Waals surface area contributed by atoms with Crippen LogP contribution in [0.25, 0.3) is 0 Å². The van der Waals surface area contributed by atoms with Crippen LogP contribution >= 0.6 is 11.8 Å². The fourth-order valence-corrected chi connectivity index (χ4v) is 5.96. The number of carbonyl (C=O) groups is 1. The maximum atomic E-state index is 13.1. The Labute approximate surface area is 185 Å². The summed E-state index contributed by atoms with van der Waals surface area (Å²) in [6.45, 7) is 9.62. The molecule has 0 radical (unpaired) electrons. The fraction of sp³-hybridized carbons (Fsp3) is 0.682. The van der Waals surface area contributed by atoms with E-state index in [4.69, 9.17) is 4.74 Å². The lowest BCUT2D eigenvalue weighted by molar-refractivity contribution is 0.0466. The smallest absolute Gasteiger partial charge is 0.407 e. The first-order valence-electron chi connectivity index (χ1n) is 10.5. The summed E-state index contributed by atoms with van der Waals surface area (Å²) < 4.78 is 31.6. The molecular weight excluding hydrogens is 420 g/mol. The minimum Gasteiger partial charge on any atom is -0.444 e. The lowest BCUT2D eigenvalue weighted by atomic mass is 9.82. The van der Waals surface area contributed by atoms with E-state index in [1.165, 1.54) is 0 Å². The largest absolute Gasteiger partial charge is 0.444 e. The van der Waals surface area contributed by atoms with Gasteiger partial charge in [-0.05, 0) is 76.5 Å². The van der Waals surface area contributed by atoms with Gasteiger partial charge in [-0.1, -0.05) is 13.8 Å². The van der Waals surface area contributed by atoms with Crippen LogP contribution in [0, 0.1) is 5.92 Å². The van der Waals surface area contributed by atoms with E-state index in [1.807, 2.05) is 39.2 Å². The number of thioether (sulfide) groups is 1. The summed E-state index contributed by atoms with van der Waals surface area (Å²) in [5, 5.41) is 6.46. The summed E-state index contributed by atoms with van der Waals surface area (Å²) in [6, 6.07) is 7.33. The van der Waals surface area contributed by atoms with Crippen molar-refractivity contribution in [2.75, 3.05) is 12.0 Å². The normalized spacial score (nSPS) is 22.7. The lowest BCUT2D eigenvalue weighted by Crippen LogP contribution is -2.51. The van der Waals surface area contributed by atoms with Crippen LogP contribution in [0.5, 0.6) is 0 Å². The zero-order chi connectivity index (χ0) is 22.5. The third kappa shape index (κ3) is 7.78. The van der Waals surface area contributed by atoms with E-state index in [9.17, 15) is 13.2 Å². The van der Waals surface area contributed by atoms with Gasteiger partial charge in [0.05, 0.1) is 10.6 Å². The van der Waals surface area contributed by atoms with Gasteiger partial charge >= 0.3 is 6.09 Å². The molecule has 6 nitrogen and oxygen atoms in total. The zero-order valence-corrected chi connectivity index (χ0v) is 20.5. The molecule has 1 aromatic carbocycles. The molecule has 0 heterocycles. The summed E-state index contributed by atoms with van der Waals surface area (Å²) in [5.41, 5.74) is -0.596. The highest BCUT2D eigenvalue weighted by Gasteiger charge is 2.36. The van der Waals surface area contributed by atoms with Crippen molar-refractivity contribution in [2.24, 2.45) is 5.92 Å². The van der Waals surface area contributed by atoms with E-state index in [2.05, 4.69) is 24.5 Å². The number of alkyl carbamates (subject to hydrolysis) is 1. The Bertz CT molecular complexity index is 801. The van der Waals surface area contributed by atoms with Crippen molar-refractivity contribution in [3.63, 3.8) is 0 Å². The Kier molecular flexibility index (Phi) is 8.65. The van der Waals surface area contributed by atoms with E-state index in [0.29, 0.717) is 17.4 Å². The highest BCUT2D eigenvalue weighted by Crippen LogP contribution is 2.29. The maximum absolute atomic E-state index is 13.1. The third-order valence-electron chi connectivity index (χ3n) is 5.11. The Hall–Kier alpha value is -1.25. The topological polar surface area (TPSA) is 84.5 Å². The number of benzene rings is 1. The molecule has 1 fully saturated rings. The second-order valence-corrected chi connectivity index (χ2v) is 12.2. The quantitative estimate of drug-likeness (QED) is 0.597. The van der Waals surface area contributed by atoms with Crippen molar-refractivity contribution < 1.29 is 17.9 Å². The van der Waals surface area contributed by atoms with Crippen LogP contribution < -0.4 is 10.6 Å². The van der Waals surface area contributed by atoms with E-state index in [1.54, 1.807) is 23.9 Å². The molecule has 30 heavy (non-hydrogen) atoms. The molecular formula is C22H36N2O4S2. The monoisotopic (exact) mass is 456 g/mol. The van der Waals surface area contributed by atoms with E-state index in [0.717, 1.165) is 17.7 Å². The molecule has 2 N–H and O–H groups in total. The highest BCUT2D eigenvalue weighted by atomic mass is 32.2. The number of hydrogen-bond acceptors (Lipinski definition) is 6. The lowest BCUT2D eigenvalue weighted by Gasteiger charge is -2.37. The van der Waals surface area contributed by atoms with E-state index < -0.39 is 21.5 Å². The van der Waals surface area contributed by atoms with Gasteiger partial charge in [0.15, 0.2) is 9.84 Å². The van der Waals surface area contributed by atoms with Crippen molar-refractivity contribution in [3.05, 3.63) is 24.3 Å². The van der Waals surface area contributed by atoms with E-state index in [-0.39, 0.29) is 23.8 Å². The standard InChI is InChI=1S/C22H36N2O4S2/c1-15(2)23-17-7-12-20(24-21(25)28-22(3,4)5)16(13-17)14-30(26,27)19-10-8-18(29-6)9-11-19/h8-11,15-17,20,23H,7,12-14H2,1-6H3,(H,24,25)/t16-,17+,20-/m0/s1. The number of nitrogens with one attached hydrogen (secondary N) is 2. The van der Waals surface area contributed by atoms with Crippen molar-refractivity contribution in [3.8, 4) is 0 Å². The molecule has 0 aromatic heterocycles. The molecule has 1 aliphatic rings. The van der Waals surface area contributed by atoms with Gasteiger partial charge in [-0.25, -0.2) is 13.2 Å². The van der Waals surface area contributed by atoms with Crippen LogP contribution in [0.1, 0.15) is 53.9 Å². The SMILES string of the molecule is CSc1ccc(S(=O)(=O)C[C@@H]2C[C@H](NC(C)C)CC[C@@H]2NC(=O)OC(C)(C)C)cc1. The molecule has 0 unspecified atom stereocenters. The Morgan fingerprint density at radius 3 is 2.37 bits per heavy atom. The minimum absolute atomic E-state index is 0.00234. The molecule has 8 heteroatoms. The first-order chi connectivity index (χ1) is 13.9. The van der Waals surface area contributed by atoms with Gasteiger partial charge < -0.3 is 15.4 Å². The van der Waals surface area contributed by atoms with Crippen LogP contribution in [-0.2, 0) is 14.6 Å². The Morgan fingerprint density at radius 2 is 1.83 bits per heavy atom. The first kappa shape index (κ1) is 25.0. The predicted octanol–water partition coefficient (Wildman–Crippen LogP) is 4.24. The molecule has 1 aromatic rings. The van der Waals surface area contributed by atoms with Crippen LogP contribution in [0.15, 0.2) is 34.1 Å². The summed E-state index contributed by atoms with van der Waals surface area (Å²) >= 11 is 1.58. The van der Waals surface area contributed by atoms with Crippen molar-refractivity contribution in [1.29, 1.82) is 0 Å². The third-order valence-corrected chi connectivity index (χ3v) is 7.71. The maximum Gasteiger partial charge on any atom is 0.407 e. The predicted molar refractivity (Wildman–Crippen MR) is 123 cm³/mol. The minimum atomic E-state index is -3.47. The number of sulfone groups is 1. The second kappa shape index (κ2) is 10.4. The van der Waals surface area contributed by atoms with Gasteiger partial charge in [-0.2, -0.15) is 0 Å².